The highest BCUT2D eigenvalue weighted by atomic mass is 16.3. The summed E-state index contributed by atoms with van der Waals surface area (Å²) in [5.74, 6) is 0. The number of β-amino-alcohol motifs (C(OH)–C–C–N with tert-alkyl or cyclic N) is 1. The maximum absolute atomic E-state index is 9.33. The molecule has 1 aliphatic heterocycles. The minimum absolute atomic E-state index is 0.0462. The fourth-order valence-electron chi connectivity index (χ4n) is 2.13. The van der Waals surface area contributed by atoms with Crippen molar-refractivity contribution in [3.63, 3.8) is 0 Å². The largest absolute Gasteiger partial charge is 0.392 e. The summed E-state index contributed by atoms with van der Waals surface area (Å²) < 4.78 is 0. The average molecular weight is 199 g/mol. The van der Waals surface area contributed by atoms with Gasteiger partial charge in [0.1, 0.15) is 0 Å². The van der Waals surface area contributed by atoms with Crippen molar-refractivity contribution < 1.29 is 5.11 Å². The molecule has 0 aromatic rings. The standard InChI is InChI=1S/C12H25NO/c1-2-3-4-5-6-7-9-13-10-8-12(14)11-13/h12,14H,2-11H2,1H3/t12-/m1/s1. The summed E-state index contributed by atoms with van der Waals surface area (Å²) in [4.78, 5) is 2.39. The number of hydrogen-bond acceptors (Lipinski definition) is 2. The molecule has 0 amide bonds. The molecule has 0 aromatic heterocycles. The molecule has 2 heteroatoms. The van der Waals surface area contributed by atoms with Gasteiger partial charge in [-0.15, -0.1) is 0 Å². The van der Waals surface area contributed by atoms with E-state index in [4.69, 9.17) is 0 Å². The fraction of sp³-hybridized carbons (Fsp3) is 1.00. The van der Waals surface area contributed by atoms with Gasteiger partial charge < -0.3 is 10.0 Å². The Hall–Kier alpha value is -0.0800. The van der Waals surface area contributed by atoms with Crippen molar-refractivity contribution >= 4 is 0 Å². The maximum atomic E-state index is 9.33. The first-order chi connectivity index (χ1) is 6.83. The van der Waals surface area contributed by atoms with Crippen LogP contribution in [0, 0.1) is 0 Å². The van der Waals surface area contributed by atoms with E-state index in [0.717, 1.165) is 19.5 Å². The Labute approximate surface area is 88.3 Å². The van der Waals surface area contributed by atoms with E-state index in [1.54, 1.807) is 0 Å². The van der Waals surface area contributed by atoms with Gasteiger partial charge in [0.2, 0.25) is 0 Å². The molecule has 0 unspecified atom stereocenters. The van der Waals surface area contributed by atoms with E-state index in [1.807, 2.05) is 0 Å². The zero-order chi connectivity index (χ0) is 10.2. The molecule has 0 spiro atoms. The van der Waals surface area contributed by atoms with Crippen LogP contribution in [-0.2, 0) is 0 Å². The number of likely N-dealkylation sites (tertiary alicyclic amines) is 1. The Morgan fingerprint density at radius 2 is 1.86 bits per heavy atom. The normalized spacial score (nSPS) is 23.1. The van der Waals surface area contributed by atoms with Crippen molar-refractivity contribution in [2.45, 2.75) is 58.0 Å². The molecular weight excluding hydrogens is 174 g/mol. The van der Waals surface area contributed by atoms with Crippen LogP contribution in [0.2, 0.25) is 0 Å². The topological polar surface area (TPSA) is 23.5 Å². The van der Waals surface area contributed by atoms with Crippen LogP contribution in [0.25, 0.3) is 0 Å². The molecule has 84 valence electrons. The van der Waals surface area contributed by atoms with Gasteiger partial charge in [-0.2, -0.15) is 0 Å². The summed E-state index contributed by atoms with van der Waals surface area (Å²) in [6, 6.07) is 0. The van der Waals surface area contributed by atoms with E-state index in [-0.39, 0.29) is 6.10 Å². The van der Waals surface area contributed by atoms with Gasteiger partial charge in [-0.1, -0.05) is 39.0 Å². The Morgan fingerprint density at radius 1 is 1.14 bits per heavy atom. The SMILES string of the molecule is CCCCCCCCN1CC[C@@H](O)C1. The predicted molar refractivity (Wildman–Crippen MR) is 60.4 cm³/mol. The summed E-state index contributed by atoms with van der Waals surface area (Å²) in [6.45, 7) is 5.47. The van der Waals surface area contributed by atoms with Crippen molar-refractivity contribution in [1.29, 1.82) is 0 Å². The molecule has 14 heavy (non-hydrogen) atoms. The van der Waals surface area contributed by atoms with Gasteiger partial charge in [0.05, 0.1) is 6.10 Å². The van der Waals surface area contributed by atoms with Gasteiger partial charge in [-0.05, 0) is 19.4 Å². The number of aliphatic hydroxyl groups excluding tert-OH is 1. The molecule has 1 fully saturated rings. The van der Waals surface area contributed by atoms with E-state index in [2.05, 4.69) is 11.8 Å². The van der Waals surface area contributed by atoms with Crippen LogP contribution >= 0.6 is 0 Å². The van der Waals surface area contributed by atoms with E-state index in [0.29, 0.717) is 0 Å². The third-order valence-electron chi connectivity index (χ3n) is 3.08. The maximum Gasteiger partial charge on any atom is 0.0679 e. The quantitative estimate of drug-likeness (QED) is 0.636. The molecular formula is C12H25NO. The van der Waals surface area contributed by atoms with Gasteiger partial charge in [-0.3, -0.25) is 0 Å². The molecule has 1 rings (SSSR count). The lowest BCUT2D eigenvalue weighted by Gasteiger charge is -2.14. The zero-order valence-electron chi connectivity index (χ0n) is 9.54. The summed E-state index contributed by atoms with van der Waals surface area (Å²) in [6.07, 6.45) is 9.14. The van der Waals surface area contributed by atoms with E-state index in [1.165, 1.54) is 45.1 Å². The first-order valence-corrected chi connectivity index (χ1v) is 6.23. The first kappa shape index (κ1) is 12.0. The van der Waals surface area contributed by atoms with Crippen molar-refractivity contribution in [2.24, 2.45) is 0 Å². The summed E-state index contributed by atoms with van der Waals surface area (Å²) in [5, 5.41) is 9.33. The Balaban J connectivity index is 1.84. The third kappa shape index (κ3) is 4.97. The Kier molecular flexibility index (Phi) is 6.20. The lowest BCUT2D eigenvalue weighted by molar-refractivity contribution is 0.175. The monoisotopic (exact) mass is 199 g/mol. The highest BCUT2D eigenvalue weighted by Crippen LogP contribution is 2.11. The average Bonchev–Trinajstić information content (AvgIpc) is 2.58. The van der Waals surface area contributed by atoms with E-state index >= 15 is 0 Å². The second-order valence-electron chi connectivity index (χ2n) is 4.51. The lowest BCUT2D eigenvalue weighted by atomic mass is 10.1. The minimum atomic E-state index is -0.0462. The summed E-state index contributed by atoms with van der Waals surface area (Å²) >= 11 is 0. The van der Waals surface area contributed by atoms with Crippen LogP contribution in [-0.4, -0.2) is 35.7 Å². The molecule has 0 aromatic carbocycles. The smallest absolute Gasteiger partial charge is 0.0679 e. The second-order valence-corrected chi connectivity index (χ2v) is 4.51. The van der Waals surface area contributed by atoms with Crippen molar-refractivity contribution in [3.05, 3.63) is 0 Å². The van der Waals surface area contributed by atoms with Gasteiger partial charge in [0, 0.05) is 13.1 Å². The molecule has 1 atom stereocenters. The minimum Gasteiger partial charge on any atom is -0.392 e. The first-order valence-electron chi connectivity index (χ1n) is 6.23. The fourth-order valence-corrected chi connectivity index (χ4v) is 2.13. The van der Waals surface area contributed by atoms with E-state index < -0.39 is 0 Å². The lowest BCUT2D eigenvalue weighted by Crippen LogP contribution is -2.23. The van der Waals surface area contributed by atoms with Gasteiger partial charge in [0.25, 0.3) is 0 Å². The van der Waals surface area contributed by atoms with Crippen LogP contribution < -0.4 is 0 Å². The number of rotatable bonds is 7. The van der Waals surface area contributed by atoms with Crippen LogP contribution in [0.3, 0.4) is 0 Å². The molecule has 1 heterocycles. The van der Waals surface area contributed by atoms with Crippen LogP contribution in [0.1, 0.15) is 51.9 Å². The molecule has 1 saturated heterocycles. The third-order valence-corrected chi connectivity index (χ3v) is 3.08. The molecule has 1 aliphatic rings. The number of unbranched alkanes of at least 4 members (excludes halogenated alkanes) is 5. The van der Waals surface area contributed by atoms with Crippen molar-refractivity contribution in [1.82, 2.24) is 4.90 Å². The summed E-state index contributed by atoms with van der Waals surface area (Å²) in [5.41, 5.74) is 0. The van der Waals surface area contributed by atoms with Crippen LogP contribution in [0.15, 0.2) is 0 Å². The van der Waals surface area contributed by atoms with Crippen molar-refractivity contribution in [3.8, 4) is 0 Å². The molecule has 0 saturated carbocycles. The molecule has 0 radical (unpaired) electrons. The zero-order valence-corrected chi connectivity index (χ0v) is 9.54. The Morgan fingerprint density at radius 3 is 2.50 bits per heavy atom. The van der Waals surface area contributed by atoms with Gasteiger partial charge >= 0.3 is 0 Å². The number of hydrogen-bond donors (Lipinski definition) is 1. The molecule has 0 bridgehead atoms. The number of aliphatic hydroxyl groups is 1. The molecule has 0 aliphatic carbocycles. The van der Waals surface area contributed by atoms with E-state index in [9.17, 15) is 5.11 Å². The number of nitrogens with zero attached hydrogens (tertiary/aromatic N) is 1. The van der Waals surface area contributed by atoms with Crippen molar-refractivity contribution in [2.75, 3.05) is 19.6 Å². The summed E-state index contributed by atoms with van der Waals surface area (Å²) in [7, 11) is 0. The predicted octanol–water partition coefficient (Wildman–Crippen LogP) is 2.41. The van der Waals surface area contributed by atoms with Gasteiger partial charge in [0.15, 0.2) is 0 Å². The second kappa shape index (κ2) is 7.24. The highest BCUT2D eigenvalue weighted by Gasteiger charge is 2.18. The van der Waals surface area contributed by atoms with Crippen LogP contribution in [0.4, 0.5) is 0 Å². The molecule has 2 nitrogen and oxygen atoms in total. The van der Waals surface area contributed by atoms with Gasteiger partial charge in [-0.25, -0.2) is 0 Å². The Bertz CT molecular complexity index is 138. The molecule has 1 N–H and O–H groups in total. The highest BCUT2D eigenvalue weighted by molar-refractivity contribution is 4.73. The van der Waals surface area contributed by atoms with Crippen LogP contribution in [0.5, 0.6) is 0 Å².